The number of hydrogen-bond acceptors (Lipinski definition) is 6. The normalized spacial score (nSPS) is 13.8. The molecule has 3 rings (SSSR count). The van der Waals surface area contributed by atoms with Gasteiger partial charge in [0.1, 0.15) is 5.60 Å². The summed E-state index contributed by atoms with van der Waals surface area (Å²) >= 11 is 0. The van der Waals surface area contributed by atoms with E-state index in [0.29, 0.717) is 22.3 Å². The fourth-order valence-electron chi connectivity index (χ4n) is 3.10. The van der Waals surface area contributed by atoms with Crippen molar-refractivity contribution in [2.45, 2.75) is 26.4 Å². The zero-order chi connectivity index (χ0) is 22.8. The van der Waals surface area contributed by atoms with Crippen molar-refractivity contribution in [1.82, 2.24) is 4.90 Å². The number of imide groups is 1. The van der Waals surface area contributed by atoms with Gasteiger partial charge in [-0.15, -0.1) is 0 Å². The van der Waals surface area contributed by atoms with E-state index in [9.17, 15) is 19.2 Å². The van der Waals surface area contributed by atoms with Crippen molar-refractivity contribution in [3.63, 3.8) is 0 Å². The lowest BCUT2D eigenvalue weighted by Crippen LogP contribution is -2.35. The first-order valence-electron chi connectivity index (χ1n) is 9.68. The molecule has 0 fully saturated rings. The van der Waals surface area contributed by atoms with Crippen LogP contribution in [-0.2, 0) is 14.3 Å². The fraction of sp³-hybridized carbons (Fsp3) is 0.250. The van der Waals surface area contributed by atoms with Crippen LogP contribution in [0.3, 0.4) is 0 Å². The molecule has 0 radical (unpaired) electrons. The van der Waals surface area contributed by atoms with Crippen LogP contribution in [0.4, 0.5) is 0 Å². The molecule has 0 aromatic heterocycles. The van der Waals surface area contributed by atoms with E-state index in [1.165, 1.54) is 7.11 Å². The van der Waals surface area contributed by atoms with Gasteiger partial charge in [-0.2, -0.15) is 0 Å². The molecule has 0 atom stereocenters. The average Bonchev–Trinajstić information content (AvgIpc) is 2.97. The number of benzene rings is 2. The second-order valence-electron chi connectivity index (χ2n) is 8.03. The highest BCUT2D eigenvalue weighted by atomic mass is 16.6. The van der Waals surface area contributed by atoms with Crippen LogP contribution >= 0.6 is 0 Å². The predicted octanol–water partition coefficient (Wildman–Crippen LogP) is 3.49. The number of rotatable bonds is 5. The zero-order valence-electron chi connectivity index (χ0n) is 17.8. The third-order valence-electron chi connectivity index (χ3n) is 4.54. The zero-order valence-corrected chi connectivity index (χ0v) is 17.8. The van der Waals surface area contributed by atoms with E-state index in [1.54, 1.807) is 75.4 Å². The molecule has 2 amide bonds. The highest BCUT2D eigenvalue weighted by Gasteiger charge is 2.36. The van der Waals surface area contributed by atoms with Gasteiger partial charge in [-0.3, -0.25) is 14.5 Å². The second-order valence-corrected chi connectivity index (χ2v) is 8.03. The van der Waals surface area contributed by atoms with E-state index >= 15 is 0 Å². The van der Waals surface area contributed by atoms with Crippen LogP contribution in [0.2, 0.25) is 0 Å². The molecule has 0 N–H and O–H groups in total. The largest absolute Gasteiger partial charge is 0.465 e. The molecule has 2 aromatic carbocycles. The monoisotopic (exact) mass is 421 g/mol. The summed E-state index contributed by atoms with van der Waals surface area (Å²) in [7, 11) is 1.29. The number of nitrogens with zero attached hydrogens (tertiary/aromatic N) is 1. The van der Waals surface area contributed by atoms with Crippen molar-refractivity contribution >= 4 is 29.8 Å². The van der Waals surface area contributed by atoms with Gasteiger partial charge in [0, 0.05) is 0 Å². The van der Waals surface area contributed by atoms with Crippen LogP contribution in [0.15, 0.2) is 54.1 Å². The van der Waals surface area contributed by atoms with Gasteiger partial charge in [0.05, 0.1) is 35.9 Å². The molecule has 7 heteroatoms. The predicted molar refractivity (Wildman–Crippen MR) is 113 cm³/mol. The Morgan fingerprint density at radius 1 is 0.935 bits per heavy atom. The van der Waals surface area contributed by atoms with Gasteiger partial charge in [-0.1, -0.05) is 24.3 Å². The molecule has 0 saturated heterocycles. The number of hydrogen-bond donors (Lipinski definition) is 0. The Bertz CT molecular complexity index is 1040. The Kier molecular flexibility index (Phi) is 6.06. The molecule has 0 aliphatic carbocycles. The fourth-order valence-corrected chi connectivity index (χ4v) is 3.10. The lowest BCUT2D eigenvalue weighted by molar-refractivity contribution is -0.149. The average molecular weight is 421 g/mol. The van der Waals surface area contributed by atoms with E-state index < -0.39 is 29.4 Å². The molecule has 2 aromatic rings. The van der Waals surface area contributed by atoms with Crippen LogP contribution in [0.5, 0.6) is 0 Å². The highest BCUT2D eigenvalue weighted by Crippen LogP contribution is 2.25. The van der Waals surface area contributed by atoms with Crippen molar-refractivity contribution in [1.29, 1.82) is 0 Å². The third-order valence-corrected chi connectivity index (χ3v) is 4.54. The molecule has 0 spiro atoms. The topological polar surface area (TPSA) is 90.0 Å². The Morgan fingerprint density at radius 2 is 1.48 bits per heavy atom. The van der Waals surface area contributed by atoms with Gasteiger partial charge in [0.2, 0.25) is 0 Å². The van der Waals surface area contributed by atoms with E-state index in [4.69, 9.17) is 4.74 Å². The Labute approximate surface area is 180 Å². The molecule has 1 aliphatic heterocycles. The lowest BCUT2D eigenvalue weighted by Gasteiger charge is -2.22. The van der Waals surface area contributed by atoms with Crippen LogP contribution in [0.25, 0.3) is 6.08 Å². The molecule has 7 nitrogen and oxygen atoms in total. The van der Waals surface area contributed by atoms with Gasteiger partial charge in [0.15, 0.2) is 0 Å². The summed E-state index contributed by atoms with van der Waals surface area (Å²) in [6, 6.07) is 12.9. The molecule has 0 saturated carbocycles. The third kappa shape index (κ3) is 4.88. The van der Waals surface area contributed by atoms with E-state index in [0.717, 1.165) is 4.90 Å². The minimum absolute atomic E-state index is 0.134. The summed E-state index contributed by atoms with van der Waals surface area (Å²) in [5.74, 6) is -2.04. The van der Waals surface area contributed by atoms with Crippen molar-refractivity contribution in [2.24, 2.45) is 0 Å². The van der Waals surface area contributed by atoms with Crippen molar-refractivity contribution < 1.29 is 28.7 Å². The smallest absolute Gasteiger partial charge is 0.337 e. The summed E-state index contributed by atoms with van der Waals surface area (Å²) in [5.41, 5.74) is 0.948. The molecule has 160 valence electrons. The first kappa shape index (κ1) is 22.0. The van der Waals surface area contributed by atoms with Gasteiger partial charge < -0.3 is 9.47 Å². The summed E-state index contributed by atoms with van der Waals surface area (Å²) in [6.07, 6.45) is 1.54. The van der Waals surface area contributed by atoms with E-state index in [2.05, 4.69) is 4.74 Å². The summed E-state index contributed by atoms with van der Waals surface area (Å²) in [5, 5.41) is 0. The summed E-state index contributed by atoms with van der Waals surface area (Å²) < 4.78 is 10.2. The van der Waals surface area contributed by atoms with Gasteiger partial charge in [-0.05, 0) is 56.7 Å². The molecular weight excluding hydrogens is 398 g/mol. The molecule has 1 aliphatic rings. The number of amides is 2. The van der Waals surface area contributed by atoms with Gasteiger partial charge >= 0.3 is 11.9 Å². The summed E-state index contributed by atoms with van der Waals surface area (Å²) in [6.45, 7) is 4.96. The minimum atomic E-state index is -0.757. The first-order valence-corrected chi connectivity index (χ1v) is 9.68. The van der Waals surface area contributed by atoms with Crippen LogP contribution in [0, 0.1) is 0 Å². The second kappa shape index (κ2) is 8.55. The number of carbonyl (C=O) groups excluding carboxylic acids is 4. The minimum Gasteiger partial charge on any atom is -0.465 e. The quantitative estimate of drug-likeness (QED) is 0.417. The van der Waals surface area contributed by atoms with Crippen molar-refractivity contribution in [2.75, 3.05) is 13.7 Å². The van der Waals surface area contributed by atoms with Crippen LogP contribution in [-0.4, -0.2) is 47.9 Å². The summed E-state index contributed by atoms with van der Waals surface area (Å²) in [4.78, 5) is 51.0. The molecule has 0 bridgehead atoms. The maximum Gasteiger partial charge on any atom is 0.337 e. The maximum atomic E-state index is 12.8. The maximum absolute atomic E-state index is 12.8. The van der Waals surface area contributed by atoms with Crippen molar-refractivity contribution in [3.8, 4) is 0 Å². The number of ether oxygens (including phenoxy) is 2. The first-order chi connectivity index (χ1) is 14.6. The van der Waals surface area contributed by atoms with E-state index in [-0.39, 0.29) is 12.1 Å². The SMILES string of the molecule is COC(=O)c1ccc(C=C(CN2C(=O)c3ccccc3C2=O)C(=O)OC(C)(C)C)cc1. The Morgan fingerprint density at radius 3 is 1.97 bits per heavy atom. The molecular formula is C24H23NO6. The van der Waals surface area contributed by atoms with Gasteiger partial charge in [-0.25, -0.2) is 9.59 Å². The van der Waals surface area contributed by atoms with Crippen LogP contribution < -0.4 is 0 Å². The number of carbonyl (C=O) groups is 4. The molecule has 0 unspecified atom stereocenters. The van der Waals surface area contributed by atoms with Gasteiger partial charge in [0.25, 0.3) is 11.8 Å². The number of esters is 2. The standard InChI is InChI=1S/C24H23NO6/c1-24(2,3)31-23(29)17(13-15-9-11-16(12-10-15)22(28)30-4)14-25-20(26)18-7-5-6-8-19(18)21(25)27/h5-13H,14H2,1-4H3. The Hall–Kier alpha value is -3.74. The molecule has 1 heterocycles. The molecule has 31 heavy (non-hydrogen) atoms. The lowest BCUT2D eigenvalue weighted by atomic mass is 10.1. The van der Waals surface area contributed by atoms with Crippen LogP contribution in [0.1, 0.15) is 57.4 Å². The number of fused-ring (bicyclic) bond motifs is 1. The highest BCUT2D eigenvalue weighted by molar-refractivity contribution is 6.21. The number of methoxy groups -OCH3 is 1. The Balaban J connectivity index is 1.93. The van der Waals surface area contributed by atoms with Crippen molar-refractivity contribution in [3.05, 3.63) is 76.4 Å². The van der Waals surface area contributed by atoms with E-state index in [1.807, 2.05) is 0 Å².